The molecule has 1 atom stereocenters. The Morgan fingerprint density at radius 2 is 1.90 bits per heavy atom. The van der Waals surface area contributed by atoms with Crippen molar-refractivity contribution in [3.63, 3.8) is 0 Å². The van der Waals surface area contributed by atoms with Crippen molar-refractivity contribution in [1.82, 2.24) is 0 Å². The molecule has 0 saturated carbocycles. The van der Waals surface area contributed by atoms with Gasteiger partial charge in [0.2, 0.25) is 0 Å². The number of hydrogen-bond acceptors (Lipinski definition) is 3. The molecule has 0 N–H and O–H groups in total. The molecule has 0 fully saturated rings. The van der Waals surface area contributed by atoms with Crippen molar-refractivity contribution in [2.24, 2.45) is 0 Å². The van der Waals surface area contributed by atoms with Gasteiger partial charge in [0.15, 0.2) is 0 Å². The predicted molar refractivity (Wildman–Crippen MR) is 76.2 cm³/mol. The van der Waals surface area contributed by atoms with Gasteiger partial charge in [0.05, 0.1) is 15.5 Å². The van der Waals surface area contributed by atoms with Crippen LogP contribution in [0.5, 0.6) is 5.75 Å². The van der Waals surface area contributed by atoms with Crippen molar-refractivity contribution in [1.29, 1.82) is 0 Å². The molecule has 0 bridgehead atoms. The number of hydrogen-bond donors (Lipinski definition) is 0. The minimum Gasteiger partial charge on any atom is -0.485 e. The Balaban J connectivity index is 2.22. The molecule has 104 valence electrons. The highest BCUT2D eigenvalue weighted by molar-refractivity contribution is 9.10. The van der Waals surface area contributed by atoms with Crippen molar-refractivity contribution < 1.29 is 14.1 Å². The summed E-state index contributed by atoms with van der Waals surface area (Å²) in [5, 5.41) is 10.8. The number of rotatable bonds is 4. The van der Waals surface area contributed by atoms with Crippen molar-refractivity contribution in [3.8, 4) is 5.75 Å². The van der Waals surface area contributed by atoms with Gasteiger partial charge in [0.25, 0.3) is 5.69 Å². The van der Waals surface area contributed by atoms with Crippen molar-refractivity contribution in [2.45, 2.75) is 13.0 Å². The van der Waals surface area contributed by atoms with Gasteiger partial charge < -0.3 is 4.74 Å². The maximum atomic E-state index is 12.9. The highest BCUT2D eigenvalue weighted by atomic mass is 79.9. The van der Waals surface area contributed by atoms with Crippen LogP contribution in [-0.2, 0) is 0 Å². The molecule has 0 aliphatic heterocycles. The molecule has 0 saturated heterocycles. The molecule has 0 amide bonds. The van der Waals surface area contributed by atoms with Gasteiger partial charge in [-0.2, -0.15) is 0 Å². The quantitative estimate of drug-likeness (QED) is 0.602. The van der Waals surface area contributed by atoms with E-state index in [1.807, 2.05) is 0 Å². The number of nitrogens with zero attached hydrogens (tertiary/aromatic N) is 1. The lowest BCUT2D eigenvalue weighted by atomic mass is 10.1. The molecule has 0 spiro atoms. The Bertz CT molecular complexity index is 631. The van der Waals surface area contributed by atoms with Gasteiger partial charge in [0, 0.05) is 6.07 Å². The number of non-ortho nitro benzene ring substituents is 1. The summed E-state index contributed by atoms with van der Waals surface area (Å²) in [5.41, 5.74) is 0.735. The summed E-state index contributed by atoms with van der Waals surface area (Å²) in [7, 11) is 0. The molecule has 2 rings (SSSR count). The fraction of sp³-hybridized carbons (Fsp3) is 0.143. The monoisotopic (exact) mass is 339 g/mol. The van der Waals surface area contributed by atoms with Gasteiger partial charge in [-0.1, -0.05) is 12.1 Å². The second-order valence-electron chi connectivity index (χ2n) is 4.18. The van der Waals surface area contributed by atoms with E-state index in [1.165, 1.54) is 24.3 Å². The van der Waals surface area contributed by atoms with Gasteiger partial charge in [-0.3, -0.25) is 10.1 Å². The van der Waals surface area contributed by atoms with Crippen LogP contribution in [0, 0.1) is 15.9 Å². The van der Waals surface area contributed by atoms with Gasteiger partial charge in [-0.05, 0) is 46.6 Å². The molecule has 2 aromatic rings. The van der Waals surface area contributed by atoms with E-state index < -0.39 is 4.92 Å². The fourth-order valence-electron chi connectivity index (χ4n) is 1.69. The van der Waals surface area contributed by atoms with Crippen LogP contribution in [0.1, 0.15) is 18.6 Å². The molecule has 4 nitrogen and oxygen atoms in total. The summed E-state index contributed by atoms with van der Waals surface area (Å²) >= 11 is 3.28. The van der Waals surface area contributed by atoms with Crippen LogP contribution in [0.3, 0.4) is 0 Å². The molecule has 20 heavy (non-hydrogen) atoms. The molecule has 0 radical (unpaired) electrons. The number of benzene rings is 2. The molecule has 6 heteroatoms. The Morgan fingerprint density at radius 3 is 2.50 bits per heavy atom. The van der Waals surface area contributed by atoms with Crippen LogP contribution in [0.25, 0.3) is 0 Å². The van der Waals surface area contributed by atoms with E-state index in [0.717, 1.165) is 5.56 Å². The van der Waals surface area contributed by atoms with Crippen LogP contribution < -0.4 is 4.74 Å². The molecule has 1 unspecified atom stereocenters. The van der Waals surface area contributed by atoms with E-state index >= 15 is 0 Å². The van der Waals surface area contributed by atoms with Gasteiger partial charge in [0.1, 0.15) is 17.7 Å². The first-order valence-electron chi connectivity index (χ1n) is 5.83. The van der Waals surface area contributed by atoms with E-state index in [1.54, 1.807) is 25.1 Å². The summed E-state index contributed by atoms with van der Waals surface area (Å²) in [6.45, 7) is 1.79. The SMILES string of the molecule is CC(Oc1cc([N+](=O)[O-])ccc1Br)c1ccc(F)cc1. The van der Waals surface area contributed by atoms with Crippen molar-refractivity contribution in [2.75, 3.05) is 0 Å². The normalized spacial score (nSPS) is 11.9. The fourth-order valence-corrected chi connectivity index (χ4v) is 2.03. The second kappa shape index (κ2) is 6.00. The lowest BCUT2D eigenvalue weighted by molar-refractivity contribution is -0.385. The molecule has 0 heterocycles. The topological polar surface area (TPSA) is 52.4 Å². The standard InChI is InChI=1S/C14H11BrFNO3/c1-9(10-2-4-11(16)5-3-10)20-14-8-12(17(18)19)6-7-13(14)15/h2-9H,1H3. The summed E-state index contributed by atoms with van der Waals surface area (Å²) in [6.07, 6.45) is -0.353. The van der Waals surface area contributed by atoms with Crippen LogP contribution in [-0.4, -0.2) is 4.92 Å². The minimum absolute atomic E-state index is 0.0468. The maximum Gasteiger partial charge on any atom is 0.273 e. The van der Waals surface area contributed by atoms with Crippen LogP contribution in [0.15, 0.2) is 46.9 Å². The van der Waals surface area contributed by atoms with Crippen LogP contribution >= 0.6 is 15.9 Å². The zero-order chi connectivity index (χ0) is 14.7. The molecule has 0 aliphatic carbocycles. The van der Waals surface area contributed by atoms with E-state index in [4.69, 9.17) is 4.74 Å². The first-order valence-corrected chi connectivity index (χ1v) is 6.62. The summed E-state index contributed by atoms with van der Waals surface area (Å²) in [5.74, 6) is 0.0495. The van der Waals surface area contributed by atoms with Gasteiger partial charge >= 0.3 is 0 Å². The number of halogens is 2. The second-order valence-corrected chi connectivity index (χ2v) is 5.04. The van der Waals surface area contributed by atoms with E-state index in [-0.39, 0.29) is 17.6 Å². The highest BCUT2D eigenvalue weighted by Gasteiger charge is 2.14. The smallest absolute Gasteiger partial charge is 0.273 e. The largest absolute Gasteiger partial charge is 0.485 e. The summed E-state index contributed by atoms with van der Waals surface area (Å²) < 4.78 is 19.2. The first kappa shape index (κ1) is 14.5. The lowest BCUT2D eigenvalue weighted by Gasteiger charge is -2.16. The summed E-state index contributed by atoms with van der Waals surface area (Å²) in [6, 6.07) is 10.2. The third kappa shape index (κ3) is 3.33. The Kier molecular flexibility index (Phi) is 4.34. The highest BCUT2D eigenvalue weighted by Crippen LogP contribution is 2.32. The van der Waals surface area contributed by atoms with E-state index in [9.17, 15) is 14.5 Å². The number of nitro groups is 1. The van der Waals surface area contributed by atoms with Crippen LogP contribution in [0.2, 0.25) is 0 Å². The Labute approximate surface area is 123 Å². The first-order chi connectivity index (χ1) is 9.47. The Hall–Kier alpha value is -1.95. The van der Waals surface area contributed by atoms with Gasteiger partial charge in [-0.25, -0.2) is 4.39 Å². The third-order valence-corrected chi connectivity index (χ3v) is 3.42. The van der Waals surface area contributed by atoms with Crippen molar-refractivity contribution >= 4 is 21.6 Å². The predicted octanol–water partition coefficient (Wildman–Crippen LogP) is 4.64. The van der Waals surface area contributed by atoms with Crippen molar-refractivity contribution in [3.05, 3.63) is 68.4 Å². The molecule has 0 aliphatic rings. The number of nitro benzene ring substituents is 1. The van der Waals surface area contributed by atoms with Crippen LogP contribution in [0.4, 0.5) is 10.1 Å². The average Bonchev–Trinajstić information content (AvgIpc) is 2.41. The van der Waals surface area contributed by atoms with E-state index in [0.29, 0.717) is 10.2 Å². The maximum absolute atomic E-state index is 12.9. The van der Waals surface area contributed by atoms with Gasteiger partial charge in [-0.15, -0.1) is 0 Å². The lowest BCUT2D eigenvalue weighted by Crippen LogP contribution is -2.04. The minimum atomic E-state index is -0.484. The van der Waals surface area contributed by atoms with E-state index in [2.05, 4.69) is 15.9 Å². The number of ether oxygens (including phenoxy) is 1. The Morgan fingerprint density at radius 1 is 1.25 bits per heavy atom. The molecular formula is C14H11BrFNO3. The zero-order valence-corrected chi connectivity index (χ0v) is 12.1. The molecule has 0 aromatic heterocycles. The average molecular weight is 340 g/mol. The summed E-state index contributed by atoms with van der Waals surface area (Å²) in [4.78, 5) is 10.3. The third-order valence-electron chi connectivity index (χ3n) is 2.77. The molecule has 2 aromatic carbocycles. The molecular weight excluding hydrogens is 329 g/mol. The zero-order valence-electron chi connectivity index (χ0n) is 10.5.